The van der Waals surface area contributed by atoms with Crippen LogP contribution in [0.5, 0.6) is 0 Å². The van der Waals surface area contributed by atoms with Gasteiger partial charge in [-0.3, -0.25) is 0 Å². The number of aliphatic hydroxyl groups is 1. The molecule has 0 aliphatic rings. The maximum absolute atomic E-state index is 9.96. The molecule has 2 rings (SSSR count). The van der Waals surface area contributed by atoms with E-state index in [4.69, 9.17) is 0 Å². The van der Waals surface area contributed by atoms with Crippen LogP contribution in [0.2, 0.25) is 0 Å². The standard InChI is InChI=1S/C12H14N2OS2/c1-9-13-14-12(17-9)16-8-7-11(15)10-5-3-2-4-6-10/h2-6,11,15H,7-8H2,1H3/t11-/m1/s1. The first kappa shape index (κ1) is 12.5. The molecule has 0 aliphatic heterocycles. The van der Waals surface area contributed by atoms with Gasteiger partial charge < -0.3 is 5.11 Å². The molecule has 0 radical (unpaired) electrons. The Labute approximate surface area is 109 Å². The topological polar surface area (TPSA) is 46.0 Å². The summed E-state index contributed by atoms with van der Waals surface area (Å²) in [6.45, 7) is 1.94. The lowest BCUT2D eigenvalue weighted by molar-refractivity contribution is 0.175. The highest BCUT2D eigenvalue weighted by atomic mass is 32.2. The van der Waals surface area contributed by atoms with Gasteiger partial charge >= 0.3 is 0 Å². The quantitative estimate of drug-likeness (QED) is 0.845. The van der Waals surface area contributed by atoms with Crippen molar-refractivity contribution in [1.29, 1.82) is 0 Å². The van der Waals surface area contributed by atoms with Gasteiger partial charge in [0.1, 0.15) is 5.01 Å². The molecule has 90 valence electrons. The number of thioether (sulfide) groups is 1. The van der Waals surface area contributed by atoms with Gasteiger partial charge in [0.15, 0.2) is 4.34 Å². The molecule has 2 aromatic rings. The van der Waals surface area contributed by atoms with Crippen molar-refractivity contribution in [2.24, 2.45) is 0 Å². The molecule has 1 aromatic heterocycles. The van der Waals surface area contributed by atoms with Gasteiger partial charge in [-0.25, -0.2) is 0 Å². The van der Waals surface area contributed by atoms with Crippen molar-refractivity contribution >= 4 is 23.1 Å². The van der Waals surface area contributed by atoms with Crippen LogP contribution < -0.4 is 0 Å². The summed E-state index contributed by atoms with van der Waals surface area (Å²) in [5, 5.41) is 18.9. The lowest BCUT2D eigenvalue weighted by Crippen LogP contribution is -1.98. The molecule has 0 amide bonds. The number of aromatic nitrogens is 2. The molecule has 3 nitrogen and oxygen atoms in total. The Morgan fingerprint density at radius 1 is 1.29 bits per heavy atom. The van der Waals surface area contributed by atoms with Crippen molar-refractivity contribution < 1.29 is 5.11 Å². The van der Waals surface area contributed by atoms with Crippen molar-refractivity contribution in [3.05, 3.63) is 40.9 Å². The zero-order valence-electron chi connectivity index (χ0n) is 9.54. The van der Waals surface area contributed by atoms with E-state index in [9.17, 15) is 5.11 Å². The number of nitrogens with zero attached hydrogens (tertiary/aromatic N) is 2. The minimum absolute atomic E-state index is 0.391. The van der Waals surface area contributed by atoms with E-state index in [1.165, 1.54) is 0 Å². The van der Waals surface area contributed by atoms with Crippen LogP contribution in [0.25, 0.3) is 0 Å². The Bertz CT molecular complexity index is 459. The molecule has 17 heavy (non-hydrogen) atoms. The van der Waals surface area contributed by atoms with E-state index in [0.29, 0.717) is 0 Å². The zero-order valence-corrected chi connectivity index (χ0v) is 11.2. The molecule has 0 aliphatic carbocycles. The molecular weight excluding hydrogens is 252 g/mol. The van der Waals surface area contributed by atoms with E-state index in [1.807, 2.05) is 37.3 Å². The summed E-state index contributed by atoms with van der Waals surface area (Å²) in [6.07, 6.45) is 0.338. The fraction of sp³-hybridized carbons (Fsp3) is 0.333. The summed E-state index contributed by atoms with van der Waals surface area (Å²) in [7, 11) is 0. The molecule has 1 N–H and O–H groups in total. The summed E-state index contributed by atoms with van der Waals surface area (Å²) in [5.41, 5.74) is 0.974. The minimum Gasteiger partial charge on any atom is -0.388 e. The van der Waals surface area contributed by atoms with E-state index >= 15 is 0 Å². The number of benzene rings is 1. The van der Waals surface area contributed by atoms with Crippen LogP contribution in [-0.2, 0) is 0 Å². The molecule has 0 spiro atoms. The molecule has 1 atom stereocenters. The second-order valence-corrected chi connectivity index (χ2v) is 6.17. The van der Waals surface area contributed by atoms with Crippen LogP contribution in [0.4, 0.5) is 0 Å². The minimum atomic E-state index is -0.391. The normalized spacial score (nSPS) is 12.6. The van der Waals surface area contributed by atoms with Crippen molar-refractivity contribution in [1.82, 2.24) is 10.2 Å². The molecule has 0 saturated carbocycles. The second-order valence-electron chi connectivity index (χ2n) is 3.65. The summed E-state index contributed by atoms with van der Waals surface area (Å²) >= 11 is 3.24. The predicted octanol–water partition coefficient (Wildman–Crippen LogP) is 3.06. The Morgan fingerprint density at radius 3 is 2.71 bits per heavy atom. The van der Waals surface area contributed by atoms with Gasteiger partial charge in [0.2, 0.25) is 0 Å². The molecule has 0 fully saturated rings. The SMILES string of the molecule is Cc1nnc(SCC[C@@H](O)c2ccccc2)s1. The maximum atomic E-state index is 9.96. The van der Waals surface area contributed by atoms with Gasteiger partial charge in [0.05, 0.1) is 6.10 Å². The van der Waals surface area contributed by atoms with Gasteiger partial charge in [0, 0.05) is 5.75 Å². The van der Waals surface area contributed by atoms with Gasteiger partial charge in [0.25, 0.3) is 0 Å². The molecule has 0 bridgehead atoms. The Hall–Kier alpha value is -0.910. The Morgan fingerprint density at radius 2 is 2.06 bits per heavy atom. The van der Waals surface area contributed by atoms with Crippen molar-refractivity contribution in [3.8, 4) is 0 Å². The number of hydrogen-bond donors (Lipinski definition) is 1. The summed E-state index contributed by atoms with van der Waals surface area (Å²) < 4.78 is 0.975. The number of aryl methyl sites for hydroxylation is 1. The summed E-state index contributed by atoms with van der Waals surface area (Å²) in [4.78, 5) is 0. The average molecular weight is 266 g/mol. The molecule has 1 aromatic carbocycles. The van der Waals surface area contributed by atoms with Crippen molar-refractivity contribution in [3.63, 3.8) is 0 Å². The lowest BCUT2D eigenvalue weighted by atomic mass is 10.1. The maximum Gasteiger partial charge on any atom is 0.174 e. The van der Waals surface area contributed by atoms with Gasteiger partial charge in [-0.05, 0) is 18.9 Å². The van der Waals surface area contributed by atoms with Crippen molar-refractivity contribution in [2.75, 3.05) is 5.75 Å². The smallest absolute Gasteiger partial charge is 0.174 e. The third-order valence-corrected chi connectivity index (χ3v) is 4.31. The van der Waals surface area contributed by atoms with E-state index < -0.39 is 6.10 Å². The third-order valence-electron chi connectivity index (χ3n) is 2.31. The van der Waals surface area contributed by atoms with Gasteiger partial charge in [-0.15, -0.1) is 10.2 Å². The van der Waals surface area contributed by atoms with Gasteiger partial charge in [-0.1, -0.05) is 53.4 Å². The lowest BCUT2D eigenvalue weighted by Gasteiger charge is -2.09. The number of aliphatic hydroxyl groups excluding tert-OH is 1. The van der Waals surface area contributed by atoms with E-state index in [0.717, 1.165) is 27.1 Å². The highest BCUT2D eigenvalue weighted by molar-refractivity contribution is 8.01. The van der Waals surface area contributed by atoms with Crippen molar-refractivity contribution in [2.45, 2.75) is 23.8 Å². The van der Waals surface area contributed by atoms with E-state index in [2.05, 4.69) is 10.2 Å². The first-order valence-electron chi connectivity index (χ1n) is 5.41. The number of hydrogen-bond acceptors (Lipinski definition) is 5. The van der Waals surface area contributed by atoms with Gasteiger partial charge in [-0.2, -0.15) is 0 Å². The van der Waals surface area contributed by atoms with Crippen LogP contribution in [0, 0.1) is 6.92 Å². The van der Waals surface area contributed by atoms with Crippen LogP contribution >= 0.6 is 23.1 Å². The molecular formula is C12H14N2OS2. The van der Waals surface area contributed by atoms with E-state index in [1.54, 1.807) is 23.1 Å². The van der Waals surface area contributed by atoms with Crippen LogP contribution in [-0.4, -0.2) is 21.1 Å². The second kappa shape index (κ2) is 6.14. The van der Waals surface area contributed by atoms with Crippen LogP contribution in [0.15, 0.2) is 34.7 Å². The largest absolute Gasteiger partial charge is 0.388 e. The zero-order chi connectivity index (χ0) is 12.1. The summed E-state index contributed by atoms with van der Waals surface area (Å²) in [6, 6.07) is 9.74. The van der Waals surface area contributed by atoms with Crippen LogP contribution in [0.3, 0.4) is 0 Å². The number of rotatable bonds is 5. The average Bonchev–Trinajstić information content (AvgIpc) is 2.76. The summed E-state index contributed by atoms with van der Waals surface area (Å²) in [5.74, 6) is 0.852. The Kier molecular flexibility index (Phi) is 4.53. The fourth-order valence-corrected chi connectivity index (χ4v) is 3.31. The fourth-order valence-electron chi connectivity index (χ4n) is 1.44. The molecule has 0 unspecified atom stereocenters. The monoisotopic (exact) mass is 266 g/mol. The molecule has 5 heteroatoms. The predicted molar refractivity (Wildman–Crippen MR) is 71.4 cm³/mol. The third kappa shape index (κ3) is 3.80. The molecule has 1 heterocycles. The first-order chi connectivity index (χ1) is 8.25. The van der Waals surface area contributed by atoms with E-state index in [-0.39, 0.29) is 0 Å². The molecule has 0 saturated heterocycles. The highest BCUT2D eigenvalue weighted by Crippen LogP contribution is 2.25. The van der Waals surface area contributed by atoms with Crippen LogP contribution in [0.1, 0.15) is 23.1 Å². The highest BCUT2D eigenvalue weighted by Gasteiger charge is 2.08. The Balaban J connectivity index is 1.79. The first-order valence-corrected chi connectivity index (χ1v) is 7.22.